The number of fused-ring (bicyclic) bond motifs is 2. The Morgan fingerprint density at radius 2 is 1.45 bits per heavy atom. The predicted molar refractivity (Wildman–Crippen MR) is 80.4 cm³/mol. The predicted octanol–water partition coefficient (Wildman–Crippen LogP) is 2.63. The second-order valence-corrected chi connectivity index (χ2v) is 4.85. The Bertz CT molecular complexity index is 1200. The van der Waals surface area contributed by atoms with E-state index < -0.39 is 0 Å². The van der Waals surface area contributed by atoms with E-state index in [4.69, 9.17) is 13.6 Å². The molecule has 5 heteroatoms. The molecule has 0 aromatic heterocycles. The van der Waals surface area contributed by atoms with Crippen LogP contribution < -0.4 is 15.6 Å². The summed E-state index contributed by atoms with van der Waals surface area (Å²) in [4.78, 5) is 25.1. The second kappa shape index (κ2) is 4.46. The highest BCUT2D eigenvalue weighted by atomic mass is 16.5. The molecule has 2 aromatic carbocycles. The Labute approximate surface area is 123 Å². The molecule has 0 unspecified atom stereocenters. The largest absolute Gasteiger partial charge is 0.493 e. The minimum absolute atomic E-state index is 0.0792. The Morgan fingerprint density at radius 3 is 2.09 bits per heavy atom. The number of benzene rings is 2. The number of hydrogen-bond donors (Lipinski definition) is 0. The molecule has 0 amide bonds. The van der Waals surface area contributed by atoms with Crippen molar-refractivity contribution in [2.45, 2.75) is 0 Å². The number of hydrogen-bond acceptors (Lipinski definition) is 5. The van der Waals surface area contributed by atoms with E-state index in [0.717, 1.165) is 0 Å². The van der Waals surface area contributed by atoms with Gasteiger partial charge in [0.25, 0.3) is 0 Å². The van der Waals surface area contributed by atoms with E-state index in [1.54, 1.807) is 42.5 Å². The molecule has 2 aliphatic rings. The molecule has 22 heavy (non-hydrogen) atoms. The van der Waals surface area contributed by atoms with Crippen molar-refractivity contribution in [1.82, 2.24) is 0 Å². The van der Waals surface area contributed by atoms with Crippen LogP contribution in [0.5, 0.6) is 5.75 Å². The van der Waals surface area contributed by atoms with Crippen molar-refractivity contribution in [3.63, 3.8) is 0 Å². The van der Waals surface area contributed by atoms with Crippen LogP contribution in [0.1, 0.15) is 0 Å². The molecular weight excluding hydrogens is 284 g/mol. The van der Waals surface area contributed by atoms with Crippen LogP contribution in [0.2, 0.25) is 0 Å². The van der Waals surface area contributed by atoms with Gasteiger partial charge in [0, 0.05) is 10.8 Å². The van der Waals surface area contributed by atoms with Gasteiger partial charge in [-0.2, -0.15) is 0 Å². The minimum Gasteiger partial charge on any atom is -0.493 e. The minimum atomic E-state index is -0.373. The number of ether oxygens (including phenoxy) is 1. The van der Waals surface area contributed by atoms with Crippen LogP contribution in [0.4, 0.5) is 0 Å². The molecule has 0 saturated heterocycles. The molecule has 1 aliphatic heterocycles. The Balaban J connectivity index is 2.38. The average Bonchev–Trinajstić information content (AvgIpc) is 2.58. The van der Waals surface area contributed by atoms with Crippen LogP contribution in [0.15, 0.2) is 60.9 Å². The van der Waals surface area contributed by atoms with Crippen molar-refractivity contribution >= 4 is 21.9 Å². The van der Waals surface area contributed by atoms with Gasteiger partial charge in [-0.15, -0.1) is 0 Å². The molecule has 0 radical (unpaired) electrons. The van der Waals surface area contributed by atoms with E-state index in [2.05, 4.69) is 0 Å². The zero-order chi connectivity index (χ0) is 15.3. The molecule has 1 aliphatic carbocycles. The van der Waals surface area contributed by atoms with Gasteiger partial charge in [0.2, 0.25) is 27.3 Å². The summed E-state index contributed by atoms with van der Waals surface area (Å²) in [5.74, 6) is 0.433. The number of rotatable bonds is 1. The lowest BCUT2D eigenvalue weighted by atomic mass is 10.1. The molecule has 108 valence electrons. The van der Waals surface area contributed by atoms with Crippen LogP contribution in [-0.4, -0.2) is 7.11 Å². The fourth-order valence-electron chi connectivity index (χ4n) is 2.56. The van der Waals surface area contributed by atoms with E-state index in [0.29, 0.717) is 27.7 Å². The zero-order valence-corrected chi connectivity index (χ0v) is 11.6. The smallest absolute Gasteiger partial charge is 0.233 e. The van der Waals surface area contributed by atoms with E-state index in [1.165, 1.54) is 7.11 Å². The van der Waals surface area contributed by atoms with Crippen LogP contribution in [0, 0.1) is 10.8 Å². The van der Waals surface area contributed by atoms with Crippen molar-refractivity contribution in [1.29, 1.82) is 0 Å². The molecule has 0 fully saturated rings. The van der Waals surface area contributed by atoms with Crippen molar-refractivity contribution in [3.05, 3.63) is 73.7 Å². The summed E-state index contributed by atoms with van der Waals surface area (Å²) in [5, 5.41) is 0.634. The van der Waals surface area contributed by atoms with Crippen LogP contribution in [-0.2, 0) is 0 Å². The molecule has 1 heterocycles. The van der Waals surface area contributed by atoms with E-state index in [1.807, 2.05) is 0 Å². The Kier molecular flexibility index (Phi) is 2.56. The van der Waals surface area contributed by atoms with Gasteiger partial charge in [-0.3, -0.25) is 9.59 Å². The van der Waals surface area contributed by atoms with Gasteiger partial charge in [0.1, 0.15) is 0 Å². The monoisotopic (exact) mass is 294 g/mol. The van der Waals surface area contributed by atoms with Crippen molar-refractivity contribution in [3.8, 4) is 5.75 Å². The molecule has 4 rings (SSSR count). The van der Waals surface area contributed by atoms with Crippen LogP contribution in [0.25, 0.3) is 21.9 Å². The van der Waals surface area contributed by atoms with Crippen molar-refractivity contribution in [2.24, 2.45) is 0 Å². The summed E-state index contributed by atoms with van der Waals surface area (Å²) in [6.45, 7) is 0. The van der Waals surface area contributed by atoms with Crippen LogP contribution >= 0.6 is 0 Å². The first-order valence-electron chi connectivity index (χ1n) is 6.66. The van der Waals surface area contributed by atoms with Gasteiger partial charge in [-0.1, -0.05) is 30.3 Å². The lowest BCUT2D eigenvalue weighted by Crippen LogP contribution is -2.14. The van der Waals surface area contributed by atoms with E-state index >= 15 is 0 Å². The van der Waals surface area contributed by atoms with Gasteiger partial charge < -0.3 is 13.6 Å². The summed E-state index contributed by atoms with van der Waals surface area (Å²) in [6, 6.07) is 11.7. The molecule has 0 atom stereocenters. The summed E-state index contributed by atoms with van der Waals surface area (Å²) in [5.41, 5.74) is -0.270. The third-order valence-electron chi connectivity index (χ3n) is 3.61. The molecule has 5 nitrogen and oxygen atoms in total. The molecule has 0 spiro atoms. The maximum atomic E-state index is 12.6. The summed E-state index contributed by atoms with van der Waals surface area (Å²) >= 11 is 0. The Hall–Kier alpha value is -3.08. The highest BCUT2D eigenvalue weighted by Gasteiger charge is 2.14. The van der Waals surface area contributed by atoms with E-state index in [-0.39, 0.29) is 21.7 Å². The third-order valence-corrected chi connectivity index (χ3v) is 3.61. The number of para-hydroxylation sites is 1. The van der Waals surface area contributed by atoms with Gasteiger partial charge in [0.05, 0.1) is 7.11 Å². The first kappa shape index (κ1) is 12.6. The third kappa shape index (κ3) is 1.59. The van der Waals surface area contributed by atoms with Gasteiger partial charge in [0.15, 0.2) is 11.3 Å². The van der Waals surface area contributed by atoms with Crippen LogP contribution in [0.3, 0.4) is 0 Å². The number of methoxy groups -OCH3 is 1. The normalized spacial score (nSPS) is 11.3. The summed E-state index contributed by atoms with van der Waals surface area (Å²) < 4.78 is 16.5. The fourth-order valence-corrected chi connectivity index (χ4v) is 2.56. The summed E-state index contributed by atoms with van der Waals surface area (Å²) in [7, 11) is 1.49. The fraction of sp³-hybridized carbons (Fsp3) is 0.0588. The van der Waals surface area contributed by atoms with Crippen molar-refractivity contribution < 1.29 is 13.6 Å². The van der Waals surface area contributed by atoms with Gasteiger partial charge in [-0.25, -0.2) is 0 Å². The Morgan fingerprint density at radius 1 is 0.818 bits per heavy atom. The van der Waals surface area contributed by atoms with Gasteiger partial charge in [-0.05, 0) is 12.1 Å². The standard InChI is InChI=1S/C17H10O5/c1-20-11-7-4-8-12-15(11)22-17-14(19)10-6-3-2-5-9(10)13(18)16(17)21-12/h2-8H,1H3. The zero-order valence-electron chi connectivity index (χ0n) is 11.6. The average molecular weight is 294 g/mol. The quantitative estimate of drug-likeness (QED) is 0.540. The topological polar surface area (TPSA) is 69.7 Å². The van der Waals surface area contributed by atoms with Gasteiger partial charge >= 0.3 is 0 Å². The molecule has 0 saturated carbocycles. The molecule has 2 aromatic rings. The maximum absolute atomic E-state index is 12.6. The SMILES string of the molecule is COc1cccc2oc3c(=O)c4ccccc4c(=O)c=3oc12. The lowest BCUT2D eigenvalue weighted by molar-refractivity contribution is 0.397. The first-order chi connectivity index (χ1) is 10.7. The first-order valence-corrected chi connectivity index (χ1v) is 6.66. The second-order valence-electron chi connectivity index (χ2n) is 4.85. The highest BCUT2D eigenvalue weighted by molar-refractivity contribution is 5.82. The highest BCUT2D eigenvalue weighted by Crippen LogP contribution is 2.25. The lowest BCUT2D eigenvalue weighted by Gasteiger charge is -2.04. The van der Waals surface area contributed by atoms with Crippen molar-refractivity contribution in [2.75, 3.05) is 7.11 Å². The molecule has 0 bridgehead atoms. The maximum Gasteiger partial charge on any atom is 0.233 e. The summed E-state index contributed by atoms with van der Waals surface area (Å²) in [6.07, 6.45) is 0. The van der Waals surface area contributed by atoms with E-state index in [9.17, 15) is 9.59 Å². The molecule has 0 N–H and O–H groups in total. The molecular formula is C17H10O5.